The summed E-state index contributed by atoms with van der Waals surface area (Å²) in [5, 5.41) is 0.388. The van der Waals surface area contributed by atoms with Crippen molar-refractivity contribution in [2.75, 3.05) is 9.44 Å². The summed E-state index contributed by atoms with van der Waals surface area (Å²) < 4.78 is 67.6. The summed E-state index contributed by atoms with van der Waals surface area (Å²) in [7, 11) is -7.83. The number of halogens is 2. The van der Waals surface area contributed by atoms with E-state index in [-0.39, 0.29) is 15.5 Å². The van der Waals surface area contributed by atoms with Gasteiger partial charge < -0.3 is 0 Å². The molecule has 0 bridgehead atoms. The highest BCUT2D eigenvalue weighted by Crippen LogP contribution is 2.24. The molecule has 0 spiro atoms. The highest BCUT2D eigenvalue weighted by atomic mass is 35.5. The maximum atomic E-state index is 13.0. The first-order valence-electron chi connectivity index (χ1n) is 8.24. The fraction of sp³-hybridized carbons (Fsp3) is 0.0526. The minimum Gasteiger partial charge on any atom is -0.280 e. The minimum absolute atomic E-state index is 0.0541. The molecule has 0 saturated carbocycles. The molecule has 0 saturated heterocycles. The third kappa shape index (κ3) is 5.06. The predicted molar refractivity (Wildman–Crippen MR) is 111 cm³/mol. The summed E-state index contributed by atoms with van der Waals surface area (Å²) in [6.45, 7) is 1.74. The lowest BCUT2D eigenvalue weighted by Crippen LogP contribution is -2.15. The summed E-state index contributed by atoms with van der Waals surface area (Å²) >= 11 is 5.91. The maximum absolute atomic E-state index is 13.0. The number of sulfonamides is 2. The second kappa shape index (κ2) is 8.02. The summed E-state index contributed by atoms with van der Waals surface area (Å²) in [6.07, 6.45) is 0. The van der Waals surface area contributed by atoms with Gasteiger partial charge in [-0.3, -0.25) is 9.44 Å². The van der Waals surface area contributed by atoms with Crippen LogP contribution in [0.4, 0.5) is 15.8 Å². The highest BCUT2D eigenvalue weighted by molar-refractivity contribution is 7.93. The number of anilines is 2. The summed E-state index contributed by atoms with van der Waals surface area (Å²) in [5.41, 5.74) is 1.20. The smallest absolute Gasteiger partial charge is 0.261 e. The quantitative estimate of drug-likeness (QED) is 0.577. The Bertz CT molecular complexity index is 1240. The van der Waals surface area contributed by atoms with Crippen molar-refractivity contribution in [1.29, 1.82) is 0 Å². The molecule has 3 rings (SSSR count). The Morgan fingerprint density at radius 1 is 0.759 bits per heavy atom. The van der Waals surface area contributed by atoms with Crippen molar-refractivity contribution in [2.24, 2.45) is 0 Å². The Kier molecular flexibility index (Phi) is 5.83. The van der Waals surface area contributed by atoms with Gasteiger partial charge in [0.05, 0.1) is 15.5 Å². The zero-order valence-electron chi connectivity index (χ0n) is 15.1. The third-order valence-corrected chi connectivity index (χ3v) is 7.00. The molecule has 3 aromatic carbocycles. The zero-order valence-corrected chi connectivity index (χ0v) is 17.4. The molecule has 0 radical (unpaired) electrons. The number of hydrogen-bond donors (Lipinski definition) is 2. The lowest BCUT2D eigenvalue weighted by Gasteiger charge is -2.12. The molecule has 6 nitrogen and oxygen atoms in total. The van der Waals surface area contributed by atoms with Crippen LogP contribution in [0.3, 0.4) is 0 Å². The van der Waals surface area contributed by atoms with Crippen molar-refractivity contribution >= 4 is 43.0 Å². The molecule has 2 N–H and O–H groups in total. The van der Waals surface area contributed by atoms with Crippen LogP contribution in [0.15, 0.2) is 76.5 Å². The van der Waals surface area contributed by atoms with Crippen molar-refractivity contribution in [2.45, 2.75) is 16.7 Å². The molecule has 0 unspecified atom stereocenters. The molecule has 0 amide bonds. The van der Waals surface area contributed by atoms with Gasteiger partial charge in [0.15, 0.2) is 0 Å². The number of benzene rings is 3. The molecule has 29 heavy (non-hydrogen) atoms. The van der Waals surface area contributed by atoms with Crippen LogP contribution in [0.25, 0.3) is 0 Å². The molecule has 3 aromatic rings. The van der Waals surface area contributed by atoms with Crippen molar-refractivity contribution in [3.8, 4) is 0 Å². The minimum atomic E-state index is -3.93. The van der Waals surface area contributed by atoms with Crippen LogP contribution in [0, 0.1) is 12.7 Å². The summed E-state index contributed by atoms with van der Waals surface area (Å²) in [5.74, 6) is -0.555. The number of nitrogens with one attached hydrogen (secondary N) is 2. The van der Waals surface area contributed by atoms with Gasteiger partial charge >= 0.3 is 0 Å². The number of rotatable bonds is 6. The van der Waals surface area contributed by atoms with E-state index >= 15 is 0 Å². The van der Waals surface area contributed by atoms with E-state index in [0.717, 1.165) is 24.3 Å². The van der Waals surface area contributed by atoms with Crippen molar-refractivity contribution in [3.05, 3.63) is 83.1 Å². The van der Waals surface area contributed by atoms with Crippen LogP contribution in [-0.2, 0) is 20.0 Å². The van der Waals surface area contributed by atoms with Crippen LogP contribution in [-0.4, -0.2) is 16.8 Å². The van der Waals surface area contributed by atoms with Gasteiger partial charge in [0.1, 0.15) is 5.82 Å². The fourth-order valence-corrected chi connectivity index (χ4v) is 4.79. The normalized spacial score (nSPS) is 11.8. The van der Waals surface area contributed by atoms with Crippen LogP contribution in [0.5, 0.6) is 0 Å². The first-order chi connectivity index (χ1) is 13.6. The van der Waals surface area contributed by atoms with Gasteiger partial charge in [-0.15, -0.1) is 0 Å². The Morgan fingerprint density at radius 2 is 1.28 bits per heavy atom. The van der Waals surface area contributed by atoms with Gasteiger partial charge in [-0.2, -0.15) is 0 Å². The molecule has 0 heterocycles. The molecule has 0 fully saturated rings. The van der Waals surface area contributed by atoms with E-state index in [0.29, 0.717) is 16.3 Å². The standard InChI is InChI=1S/C19H16ClFN2O4S2/c1-13-2-3-14(20)12-19(13)23-29(26,27)18-10-6-16(7-11-18)22-28(24,25)17-8-4-15(21)5-9-17/h2-12,22-23H,1H3. The molecular weight excluding hydrogens is 439 g/mol. The zero-order chi connectivity index (χ0) is 21.2. The highest BCUT2D eigenvalue weighted by Gasteiger charge is 2.17. The van der Waals surface area contributed by atoms with Gasteiger partial charge in [-0.1, -0.05) is 17.7 Å². The van der Waals surface area contributed by atoms with E-state index in [1.165, 1.54) is 30.3 Å². The van der Waals surface area contributed by atoms with Crippen LogP contribution in [0.1, 0.15) is 5.56 Å². The second-order valence-corrected chi connectivity index (χ2v) is 9.95. The first-order valence-corrected chi connectivity index (χ1v) is 11.6. The van der Waals surface area contributed by atoms with E-state index in [2.05, 4.69) is 9.44 Å². The van der Waals surface area contributed by atoms with Gasteiger partial charge in [0.2, 0.25) is 0 Å². The number of aryl methyl sites for hydroxylation is 1. The lowest BCUT2D eigenvalue weighted by molar-refractivity contribution is 0.599. The summed E-state index contributed by atoms with van der Waals surface area (Å²) in [4.78, 5) is -0.171. The van der Waals surface area contributed by atoms with Gasteiger partial charge in [0.25, 0.3) is 20.0 Å². The molecular formula is C19H16ClFN2O4S2. The fourth-order valence-electron chi connectivity index (χ4n) is 2.44. The SMILES string of the molecule is Cc1ccc(Cl)cc1NS(=O)(=O)c1ccc(NS(=O)(=O)c2ccc(F)cc2)cc1. The van der Waals surface area contributed by atoms with Crippen LogP contribution in [0.2, 0.25) is 5.02 Å². The summed E-state index contributed by atoms with van der Waals surface area (Å²) in [6, 6.07) is 14.4. The van der Waals surface area contributed by atoms with Crippen LogP contribution < -0.4 is 9.44 Å². The average molecular weight is 455 g/mol. The van der Waals surface area contributed by atoms with E-state index in [9.17, 15) is 21.2 Å². The topological polar surface area (TPSA) is 92.3 Å². The molecule has 152 valence electrons. The Labute approximate surface area is 173 Å². The van der Waals surface area contributed by atoms with Gasteiger partial charge in [0, 0.05) is 10.7 Å². The largest absolute Gasteiger partial charge is 0.280 e. The lowest BCUT2D eigenvalue weighted by atomic mass is 10.2. The molecule has 0 aromatic heterocycles. The predicted octanol–water partition coefficient (Wildman–Crippen LogP) is 4.39. The Hall–Kier alpha value is -2.62. The first kappa shape index (κ1) is 21.1. The van der Waals surface area contributed by atoms with Crippen molar-refractivity contribution < 1.29 is 21.2 Å². The Morgan fingerprint density at radius 3 is 1.86 bits per heavy atom. The van der Waals surface area contributed by atoms with Crippen LogP contribution >= 0.6 is 11.6 Å². The Balaban J connectivity index is 1.80. The third-order valence-electron chi connectivity index (χ3n) is 3.98. The molecule has 10 heteroatoms. The molecule has 0 aliphatic rings. The number of hydrogen-bond acceptors (Lipinski definition) is 4. The van der Waals surface area contributed by atoms with E-state index < -0.39 is 25.9 Å². The van der Waals surface area contributed by atoms with Crippen molar-refractivity contribution in [1.82, 2.24) is 0 Å². The molecule has 0 atom stereocenters. The monoisotopic (exact) mass is 454 g/mol. The average Bonchev–Trinajstić information content (AvgIpc) is 2.65. The van der Waals surface area contributed by atoms with E-state index in [1.54, 1.807) is 19.1 Å². The van der Waals surface area contributed by atoms with Gasteiger partial charge in [-0.25, -0.2) is 21.2 Å². The maximum Gasteiger partial charge on any atom is 0.261 e. The van der Waals surface area contributed by atoms with Gasteiger partial charge in [-0.05, 0) is 73.2 Å². The second-order valence-electron chi connectivity index (χ2n) is 6.15. The van der Waals surface area contributed by atoms with E-state index in [1.807, 2.05) is 0 Å². The van der Waals surface area contributed by atoms with Crippen molar-refractivity contribution in [3.63, 3.8) is 0 Å². The molecule has 0 aliphatic heterocycles. The van der Waals surface area contributed by atoms with E-state index in [4.69, 9.17) is 11.6 Å². The molecule has 0 aliphatic carbocycles.